The zero-order chi connectivity index (χ0) is 8.27. The zero-order valence-corrected chi connectivity index (χ0v) is 8.00. The monoisotopic (exact) mass is 187 g/mol. The Labute approximate surface area is 73.6 Å². The van der Waals surface area contributed by atoms with E-state index in [1.807, 2.05) is 13.2 Å². The minimum Gasteiger partial charge on any atom is -0.384 e. The molecule has 0 aliphatic heterocycles. The SMILES string of the molecule is CSSc1nc(C)cc(N)n1. The van der Waals surface area contributed by atoms with Gasteiger partial charge in [0.1, 0.15) is 5.82 Å². The standard InChI is InChI=1S/C6H9N3S2/c1-4-3-5(7)9-6(8-4)11-10-2/h3H,1-2H3,(H2,7,8,9). The normalized spacial score (nSPS) is 10.0. The lowest BCUT2D eigenvalue weighted by Crippen LogP contribution is -1.95. The first-order chi connectivity index (χ1) is 5.22. The van der Waals surface area contributed by atoms with E-state index in [2.05, 4.69) is 9.97 Å². The van der Waals surface area contributed by atoms with Crippen molar-refractivity contribution in [1.82, 2.24) is 9.97 Å². The molecule has 0 aliphatic carbocycles. The first-order valence-corrected chi connectivity index (χ1v) is 5.60. The van der Waals surface area contributed by atoms with Gasteiger partial charge in [0.15, 0.2) is 0 Å². The fourth-order valence-electron chi connectivity index (χ4n) is 0.677. The van der Waals surface area contributed by atoms with Crippen molar-refractivity contribution in [3.05, 3.63) is 11.8 Å². The number of nitrogens with zero attached hydrogens (tertiary/aromatic N) is 2. The summed E-state index contributed by atoms with van der Waals surface area (Å²) >= 11 is 0. The molecular formula is C6H9N3S2. The molecule has 0 fully saturated rings. The summed E-state index contributed by atoms with van der Waals surface area (Å²) < 4.78 is 0. The molecule has 0 saturated heterocycles. The van der Waals surface area contributed by atoms with E-state index in [-0.39, 0.29) is 0 Å². The predicted octanol–water partition coefficient (Wildman–Crippen LogP) is 1.74. The molecule has 3 nitrogen and oxygen atoms in total. The Morgan fingerprint density at radius 3 is 2.73 bits per heavy atom. The topological polar surface area (TPSA) is 51.8 Å². The summed E-state index contributed by atoms with van der Waals surface area (Å²) in [7, 11) is 3.13. The van der Waals surface area contributed by atoms with Gasteiger partial charge in [0.05, 0.1) is 0 Å². The highest BCUT2D eigenvalue weighted by Gasteiger charge is 1.98. The van der Waals surface area contributed by atoms with Crippen molar-refractivity contribution in [2.75, 3.05) is 12.0 Å². The smallest absolute Gasteiger partial charge is 0.200 e. The molecule has 0 aromatic carbocycles. The lowest BCUT2D eigenvalue weighted by molar-refractivity contribution is 0.946. The summed E-state index contributed by atoms with van der Waals surface area (Å²) in [6, 6.07) is 1.75. The summed E-state index contributed by atoms with van der Waals surface area (Å²) in [5.41, 5.74) is 6.43. The lowest BCUT2D eigenvalue weighted by atomic mass is 10.4. The molecule has 11 heavy (non-hydrogen) atoms. The van der Waals surface area contributed by atoms with Gasteiger partial charge in [-0.2, -0.15) is 0 Å². The van der Waals surface area contributed by atoms with Crippen LogP contribution in [0.2, 0.25) is 0 Å². The molecule has 1 rings (SSSR count). The second kappa shape index (κ2) is 3.82. The maximum Gasteiger partial charge on any atom is 0.200 e. The van der Waals surface area contributed by atoms with Crippen LogP contribution in [-0.2, 0) is 0 Å². The van der Waals surface area contributed by atoms with Gasteiger partial charge >= 0.3 is 0 Å². The molecule has 0 saturated carbocycles. The van der Waals surface area contributed by atoms with Crippen molar-refractivity contribution in [1.29, 1.82) is 0 Å². The molecule has 1 aromatic rings. The summed E-state index contributed by atoms with van der Waals surface area (Å²) in [4.78, 5) is 8.21. The maximum atomic E-state index is 5.52. The van der Waals surface area contributed by atoms with Gasteiger partial charge in [0, 0.05) is 11.8 Å². The third-order valence-corrected chi connectivity index (χ3v) is 2.46. The third-order valence-electron chi connectivity index (χ3n) is 1.01. The Hall–Kier alpha value is -0.420. The highest BCUT2D eigenvalue weighted by molar-refractivity contribution is 8.76. The van der Waals surface area contributed by atoms with Crippen LogP contribution in [0, 0.1) is 6.92 Å². The van der Waals surface area contributed by atoms with Crippen molar-refractivity contribution >= 4 is 27.4 Å². The Kier molecular flexibility index (Phi) is 3.02. The second-order valence-corrected chi connectivity index (χ2v) is 4.33. The molecule has 0 amide bonds. The third kappa shape index (κ3) is 2.59. The van der Waals surface area contributed by atoms with Crippen LogP contribution in [0.15, 0.2) is 11.2 Å². The molecule has 1 heterocycles. The Balaban J connectivity index is 2.89. The Morgan fingerprint density at radius 1 is 1.45 bits per heavy atom. The van der Waals surface area contributed by atoms with Crippen molar-refractivity contribution in [3.63, 3.8) is 0 Å². The maximum absolute atomic E-state index is 5.52. The second-order valence-electron chi connectivity index (χ2n) is 1.97. The van der Waals surface area contributed by atoms with E-state index in [0.29, 0.717) is 5.82 Å². The van der Waals surface area contributed by atoms with Gasteiger partial charge in [-0.3, -0.25) is 0 Å². The van der Waals surface area contributed by atoms with Crippen LogP contribution < -0.4 is 5.73 Å². The van der Waals surface area contributed by atoms with E-state index in [4.69, 9.17) is 5.73 Å². The van der Waals surface area contributed by atoms with E-state index < -0.39 is 0 Å². The molecule has 60 valence electrons. The zero-order valence-electron chi connectivity index (χ0n) is 6.37. The minimum absolute atomic E-state index is 0.536. The first kappa shape index (κ1) is 8.67. The fraction of sp³-hybridized carbons (Fsp3) is 0.333. The van der Waals surface area contributed by atoms with Crippen LogP contribution >= 0.6 is 21.6 Å². The summed E-state index contributed by atoms with van der Waals surface area (Å²) in [5, 5.41) is 0.731. The number of nitrogen functional groups attached to an aromatic ring is 1. The van der Waals surface area contributed by atoms with Crippen LogP contribution in [0.4, 0.5) is 5.82 Å². The van der Waals surface area contributed by atoms with Crippen LogP contribution in [0.3, 0.4) is 0 Å². The van der Waals surface area contributed by atoms with E-state index >= 15 is 0 Å². The van der Waals surface area contributed by atoms with E-state index in [9.17, 15) is 0 Å². The quantitative estimate of drug-likeness (QED) is 0.564. The van der Waals surface area contributed by atoms with Gasteiger partial charge in [0.25, 0.3) is 0 Å². The molecule has 0 unspecified atom stereocenters. The molecule has 0 aliphatic rings. The number of anilines is 1. The number of hydrogen-bond acceptors (Lipinski definition) is 5. The van der Waals surface area contributed by atoms with Gasteiger partial charge in [-0.05, 0) is 24.0 Å². The van der Waals surface area contributed by atoms with Crippen molar-refractivity contribution in [3.8, 4) is 0 Å². The average molecular weight is 187 g/mol. The molecule has 2 N–H and O–H groups in total. The van der Waals surface area contributed by atoms with Crippen LogP contribution in [0.5, 0.6) is 0 Å². The van der Waals surface area contributed by atoms with Gasteiger partial charge in [-0.1, -0.05) is 10.8 Å². The van der Waals surface area contributed by atoms with E-state index in [1.165, 1.54) is 10.8 Å². The first-order valence-electron chi connectivity index (χ1n) is 3.04. The molecule has 0 radical (unpaired) electrons. The van der Waals surface area contributed by atoms with Crippen molar-refractivity contribution in [2.24, 2.45) is 0 Å². The fourth-order valence-corrected chi connectivity index (χ4v) is 1.82. The molecule has 0 atom stereocenters. The molecule has 0 spiro atoms. The number of rotatable bonds is 2. The largest absolute Gasteiger partial charge is 0.384 e. The summed E-state index contributed by atoms with van der Waals surface area (Å²) in [6.45, 7) is 1.91. The van der Waals surface area contributed by atoms with Crippen LogP contribution in [0.1, 0.15) is 5.69 Å². The van der Waals surface area contributed by atoms with Crippen molar-refractivity contribution < 1.29 is 0 Å². The van der Waals surface area contributed by atoms with Crippen molar-refractivity contribution in [2.45, 2.75) is 12.1 Å². The number of hydrogen-bond donors (Lipinski definition) is 1. The Morgan fingerprint density at radius 2 is 2.18 bits per heavy atom. The molecule has 1 aromatic heterocycles. The van der Waals surface area contributed by atoms with Gasteiger partial charge in [0.2, 0.25) is 5.16 Å². The molecular weight excluding hydrogens is 178 g/mol. The molecule has 5 heteroatoms. The lowest BCUT2D eigenvalue weighted by Gasteiger charge is -1.98. The van der Waals surface area contributed by atoms with E-state index in [0.717, 1.165) is 10.9 Å². The minimum atomic E-state index is 0.536. The predicted molar refractivity (Wildman–Crippen MR) is 50.6 cm³/mol. The van der Waals surface area contributed by atoms with Crippen LogP contribution in [0.25, 0.3) is 0 Å². The van der Waals surface area contributed by atoms with Gasteiger partial charge in [-0.15, -0.1) is 0 Å². The highest BCUT2D eigenvalue weighted by atomic mass is 33.1. The number of nitrogens with two attached hydrogens (primary N) is 1. The summed E-state index contributed by atoms with van der Waals surface area (Å²) in [6.07, 6.45) is 1.98. The Bertz CT molecular complexity index is 231. The van der Waals surface area contributed by atoms with Gasteiger partial charge < -0.3 is 5.73 Å². The average Bonchev–Trinajstić information content (AvgIpc) is 1.85. The number of aromatic nitrogens is 2. The summed E-state index contributed by atoms with van der Waals surface area (Å²) in [5.74, 6) is 0.536. The highest BCUT2D eigenvalue weighted by Crippen LogP contribution is 2.25. The van der Waals surface area contributed by atoms with Gasteiger partial charge in [-0.25, -0.2) is 9.97 Å². The van der Waals surface area contributed by atoms with Crippen LogP contribution in [-0.4, -0.2) is 16.2 Å². The van der Waals surface area contributed by atoms with E-state index in [1.54, 1.807) is 16.9 Å². The molecule has 0 bridgehead atoms. The number of aryl methyl sites for hydroxylation is 1.